The van der Waals surface area contributed by atoms with Crippen LogP contribution in [0.15, 0.2) is 42.5 Å². The third kappa shape index (κ3) is 3.94. The normalized spacial score (nSPS) is 19.0. The quantitative estimate of drug-likeness (QED) is 0.876. The highest BCUT2D eigenvalue weighted by Crippen LogP contribution is 2.28. The minimum atomic E-state index is -0.924. The lowest BCUT2D eigenvalue weighted by molar-refractivity contribution is 0.0260. The summed E-state index contributed by atoms with van der Waals surface area (Å²) in [6, 6.07) is 13.1. The zero-order chi connectivity index (χ0) is 17.9. The maximum absolute atomic E-state index is 12.5. The van der Waals surface area contributed by atoms with Crippen LogP contribution in [0.5, 0.6) is 11.5 Å². The monoisotopic (exact) mass is 341 g/mol. The topological polar surface area (TPSA) is 67.8 Å². The smallest absolute Gasteiger partial charge is 0.251 e. The van der Waals surface area contributed by atoms with Crippen molar-refractivity contribution in [2.45, 2.75) is 24.9 Å². The number of fused-ring (bicyclic) bond motifs is 1. The molecule has 1 aliphatic carbocycles. The fourth-order valence-electron chi connectivity index (χ4n) is 3.22. The molecule has 2 N–H and O–H groups in total. The van der Waals surface area contributed by atoms with Gasteiger partial charge >= 0.3 is 0 Å². The van der Waals surface area contributed by atoms with Gasteiger partial charge in [0.15, 0.2) is 0 Å². The number of aryl methyl sites for hydroxylation is 1. The van der Waals surface area contributed by atoms with Crippen LogP contribution in [-0.2, 0) is 12.8 Å². The predicted octanol–water partition coefficient (Wildman–Crippen LogP) is 2.35. The minimum Gasteiger partial charge on any atom is -0.497 e. The van der Waals surface area contributed by atoms with Crippen LogP contribution in [0.3, 0.4) is 0 Å². The Morgan fingerprint density at radius 1 is 1.12 bits per heavy atom. The first-order valence-electron chi connectivity index (χ1n) is 8.33. The van der Waals surface area contributed by atoms with Crippen LogP contribution >= 0.6 is 0 Å². The van der Waals surface area contributed by atoms with Crippen LogP contribution in [-0.4, -0.2) is 37.4 Å². The van der Waals surface area contributed by atoms with Crippen molar-refractivity contribution in [1.29, 1.82) is 0 Å². The molecule has 0 aliphatic heterocycles. The number of hydrogen-bond acceptors (Lipinski definition) is 4. The summed E-state index contributed by atoms with van der Waals surface area (Å²) in [5.74, 6) is 0.842. The second-order valence-electron chi connectivity index (χ2n) is 6.45. The molecule has 25 heavy (non-hydrogen) atoms. The summed E-state index contributed by atoms with van der Waals surface area (Å²) in [5, 5.41) is 13.7. The molecule has 2 aromatic carbocycles. The Labute approximate surface area is 147 Å². The van der Waals surface area contributed by atoms with Crippen LogP contribution in [0, 0.1) is 0 Å². The summed E-state index contributed by atoms with van der Waals surface area (Å²) in [4.78, 5) is 12.5. The molecular formula is C20H23NO4. The van der Waals surface area contributed by atoms with Crippen LogP contribution < -0.4 is 14.8 Å². The SMILES string of the molecule is COc1cc(OC)cc(C(=O)NCC2(O)CCc3ccccc3C2)c1. The molecule has 0 saturated heterocycles. The van der Waals surface area contributed by atoms with Gasteiger partial charge in [0, 0.05) is 24.6 Å². The van der Waals surface area contributed by atoms with Crippen LogP contribution in [0.2, 0.25) is 0 Å². The second-order valence-corrected chi connectivity index (χ2v) is 6.45. The highest BCUT2D eigenvalue weighted by atomic mass is 16.5. The van der Waals surface area contributed by atoms with Gasteiger partial charge in [-0.05, 0) is 36.1 Å². The average Bonchev–Trinajstić information content (AvgIpc) is 2.65. The van der Waals surface area contributed by atoms with Gasteiger partial charge in [0.1, 0.15) is 11.5 Å². The molecule has 0 spiro atoms. The summed E-state index contributed by atoms with van der Waals surface area (Å²) in [6.07, 6.45) is 1.99. The first-order chi connectivity index (χ1) is 12.0. The fourth-order valence-corrected chi connectivity index (χ4v) is 3.22. The number of ether oxygens (including phenoxy) is 2. The lowest BCUT2D eigenvalue weighted by Crippen LogP contribution is -2.46. The van der Waals surface area contributed by atoms with E-state index in [0.29, 0.717) is 29.9 Å². The molecule has 1 atom stereocenters. The van der Waals surface area contributed by atoms with Gasteiger partial charge in [-0.2, -0.15) is 0 Å². The first-order valence-corrected chi connectivity index (χ1v) is 8.33. The predicted molar refractivity (Wildman–Crippen MR) is 95.3 cm³/mol. The van der Waals surface area contributed by atoms with Gasteiger partial charge in [-0.3, -0.25) is 4.79 Å². The Kier molecular flexibility index (Phi) is 4.95. The Hall–Kier alpha value is -2.53. The number of benzene rings is 2. The van der Waals surface area contributed by atoms with Crippen molar-refractivity contribution < 1.29 is 19.4 Å². The molecule has 3 rings (SSSR count). The molecule has 132 valence electrons. The molecule has 5 nitrogen and oxygen atoms in total. The standard InChI is InChI=1S/C20H23NO4/c1-24-17-9-16(10-18(11-17)25-2)19(22)21-13-20(23)8-7-14-5-3-4-6-15(14)12-20/h3-6,9-11,23H,7-8,12-13H2,1-2H3,(H,21,22). The molecule has 1 amide bonds. The number of carbonyl (C=O) groups excluding carboxylic acids is 1. The number of hydrogen-bond donors (Lipinski definition) is 2. The van der Waals surface area contributed by atoms with Crippen molar-refractivity contribution in [2.75, 3.05) is 20.8 Å². The van der Waals surface area contributed by atoms with Gasteiger partial charge in [-0.1, -0.05) is 24.3 Å². The maximum Gasteiger partial charge on any atom is 0.251 e. The van der Waals surface area contributed by atoms with Crippen molar-refractivity contribution in [1.82, 2.24) is 5.32 Å². The largest absolute Gasteiger partial charge is 0.497 e. The van der Waals surface area contributed by atoms with E-state index in [-0.39, 0.29) is 12.5 Å². The fraction of sp³-hybridized carbons (Fsp3) is 0.350. The Balaban J connectivity index is 1.68. The third-order valence-corrected chi connectivity index (χ3v) is 4.69. The van der Waals surface area contributed by atoms with E-state index in [1.54, 1.807) is 32.4 Å². The molecular weight excluding hydrogens is 318 g/mol. The number of aliphatic hydroxyl groups is 1. The third-order valence-electron chi connectivity index (χ3n) is 4.69. The molecule has 0 saturated carbocycles. The van der Waals surface area contributed by atoms with Gasteiger partial charge in [0.2, 0.25) is 0 Å². The number of nitrogens with one attached hydrogen (secondary N) is 1. The number of carbonyl (C=O) groups is 1. The van der Waals surface area contributed by atoms with E-state index in [9.17, 15) is 9.90 Å². The Morgan fingerprint density at radius 2 is 1.76 bits per heavy atom. The molecule has 2 aromatic rings. The van der Waals surface area contributed by atoms with E-state index in [1.165, 1.54) is 5.56 Å². The highest BCUT2D eigenvalue weighted by Gasteiger charge is 2.32. The van der Waals surface area contributed by atoms with E-state index in [2.05, 4.69) is 11.4 Å². The Bertz CT molecular complexity index is 752. The molecule has 0 aromatic heterocycles. The summed E-state index contributed by atoms with van der Waals surface area (Å²) in [7, 11) is 3.08. The van der Waals surface area contributed by atoms with Gasteiger partial charge in [-0.25, -0.2) is 0 Å². The highest BCUT2D eigenvalue weighted by molar-refractivity contribution is 5.95. The van der Waals surface area contributed by atoms with E-state index in [0.717, 1.165) is 12.0 Å². The number of rotatable bonds is 5. The Morgan fingerprint density at radius 3 is 2.40 bits per heavy atom. The molecule has 0 heterocycles. The lowest BCUT2D eigenvalue weighted by atomic mass is 9.80. The zero-order valence-electron chi connectivity index (χ0n) is 14.5. The first kappa shape index (κ1) is 17.3. The number of amides is 1. The van der Waals surface area contributed by atoms with E-state index in [4.69, 9.17) is 9.47 Å². The van der Waals surface area contributed by atoms with Gasteiger partial charge in [-0.15, -0.1) is 0 Å². The second kappa shape index (κ2) is 7.15. The van der Waals surface area contributed by atoms with E-state index >= 15 is 0 Å². The van der Waals surface area contributed by atoms with Crippen molar-refractivity contribution >= 4 is 5.91 Å². The number of methoxy groups -OCH3 is 2. The molecule has 0 radical (unpaired) electrons. The summed E-state index contributed by atoms with van der Waals surface area (Å²) >= 11 is 0. The van der Waals surface area contributed by atoms with E-state index in [1.807, 2.05) is 18.2 Å². The van der Waals surface area contributed by atoms with Crippen molar-refractivity contribution in [3.05, 3.63) is 59.2 Å². The van der Waals surface area contributed by atoms with Gasteiger partial charge < -0.3 is 19.9 Å². The minimum absolute atomic E-state index is 0.208. The summed E-state index contributed by atoms with van der Waals surface area (Å²) < 4.78 is 10.4. The molecule has 1 aliphatic rings. The lowest BCUT2D eigenvalue weighted by Gasteiger charge is -2.33. The molecule has 1 unspecified atom stereocenters. The molecule has 0 bridgehead atoms. The van der Waals surface area contributed by atoms with E-state index < -0.39 is 5.60 Å². The average molecular weight is 341 g/mol. The van der Waals surface area contributed by atoms with Crippen LogP contribution in [0.1, 0.15) is 27.9 Å². The van der Waals surface area contributed by atoms with Crippen molar-refractivity contribution in [2.24, 2.45) is 0 Å². The van der Waals surface area contributed by atoms with Crippen LogP contribution in [0.4, 0.5) is 0 Å². The maximum atomic E-state index is 12.5. The summed E-state index contributed by atoms with van der Waals surface area (Å²) in [5.41, 5.74) is 1.94. The van der Waals surface area contributed by atoms with Crippen molar-refractivity contribution in [3.8, 4) is 11.5 Å². The van der Waals surface area contributed by atoms with Crippen LogP contribution in [0.25, 0.3) is 0 Å². The van der Waals surface area contributed by atoms with Gasteiger partial charge in [0.05, 0.1) is 19.8 Å². The summed E-state index contributed by atoms with van der Waals surface area (Å²) in [6.45, 7) is 0.208. The molecule has 5 heteroatoms. The van der Waals surface area contributed by atoms with Crippen molar-refractivity contribution in [3.63, 3.8) is 0 Å². The zero-order valence-corrected chi connectivity index (χ0v) is 14.5. The van der Waals surface area contributed by atoms with Gasteiger partial charge in [0.25, 0.3) is 5.91 Å². The molecule has 0 fully saturated rings.